The van der Waals surface area contributed by atoms with E-state index in [0.717, 1.165) is 41.0 Å². The van der Waals surface area contributed by atoms with Gasteiger partial charge in [-0.15, -0.1) is 0 Å². The zero-order chi connectivity index (χ0) is 18.1. The molecule has 1 aliphatic rings. The topological polar surface area (TPSA) is 69.7 Å². The minimum Gasteiger partial charge on any atom is -0.367 e. The highest BCUT2D eigenvalue weighted by Crippen LogP contribution is 2.31. The van der Waals surface area contributed by atoms with Crippen molar-refractivity contribution < 1.29 is 0 Å². The van der Waals surface area contributed by atoms with Gasteiger partial charge in [-0.2, -0.15) is 0 Å². The van der Waals surface area contributed by atoms with E-state index in [4.69, 9.17) is 11.6 Å². The van der Waals surface area contributed by atoms with Gasteiger partial charge in [-0.3, -0.25) is 4.98 Å². The first-order chi connectivity index (χ1) is 12.6. The molecule has 26 heavy (non-hydrogen) atoms. The molecule has 7 heteroatoms. The Balaban J connectivity index is 1.56. The van der Waals surface area contributed by atoms with E-state index in [-0.39, 0.29) is 0 Å². The molecule has 0 atom stereocenters. The molecule has 6 nitrogen and oxygen atoms in total. The van der Waals surface area contributed by atoms with Crippen LogP contribution in [-0.2, 0) is 0 Å². The number of nitrogens with one attached hydrogen (secondary N) is 2. The van der Waals surface area contributed by atoms with Crippen molar-refractivity contribution in [2.45, 2.75) is 37.8 Å². The maximum absolute atomic E-state index is 6.30. The smallest absolute Gasteiger partial charge is 0.156 e. The van der Waals surface area contributed by atoms with Crippen molar-refractivity contribution in [1.82, 2.24) is 24.8 Å². The first-order valence-electron chi connectivity index (χ1n) is 8.99. The second kappa shape index (κ2) is 7.21. The van der Waals surface area contributed by atoms with Gasteiger partial charge in [0, 0.05) is 36.2 Å². The summed E-state index contributed by atoms with van der Waals surface area (Å²) in [5.74, 6) is 0.819. The molecule has 0 radical (unpaired) electrons. The molecule has 3 aromatic rings. The van der Waals surface area contributed by atoms with Gasteiger partial charge < -0.3 is 15.2 Å². The molecule has 3 aromatic heterocycles. The molecule has 0 spiro atoms. The molecule has 0 aromatic carbocycles. The molecule has 0 saturated heterocycles. The number of pyridine rings is 1. The van der Waals surface area contributed by atoms with Gasteiger partial charge in [0.05, 0.1) is 0 Å². The quantitative estimate of drug-likeness (QED) is 0.680. The van der Waals surface area contributed by atoms with Crippen molar-refractivity contribution in [3.63, 3.8) is 0 Å². The first-order valence-corrected chi connectivity index (χ1v) is 9.37. The molecule has 3 heterocycles. The highest BCUT2D eigenvalue weighted by Gasteiger charge is 2.22. The monoisotopic (exact) mass is 370 g/mol. The van der Waals surface area contributed by atoms with E-state index in [1.807, 2.05) is 18.3 Å². The second-order valence-corrected chi connectivity index (χ2v) is 7.52. The lowest BCUT2D eigenvalue weighted by atomic mass is 9.90. The van der Waals surface area contributed by atoms with Crippen LogP contribution in [0.3, 0.4) is 0 Å². The van der Waals surface area contributed by atoms with Crippen molar-refractivity contribution in [3.8, 4) is 11.1 Å². The summed E-state index contributed by atoms with van der Waals surface area (Å²) in [6.45, 7) is 0. The number of aromatic amines is 1. The van der Waals surface area contributed by atoms with E-state index in [0.29, 0.717) is 17.2 Å². The van der Waals surface area contributed by atoms with Crippen LogP contribution >= 0.6 is 11.6 Å². The average molecular weight is 371 g/mol. The fourth-order valence-corrected chi connectivity index (χ4v) is 3.95. The molecule has 2 N–H and O–H groups in total. The van der Waals surface area contributed by atoms with Crippen LogP contribution in [0.15, 0.2) is 30.7 Å². The molecule has 0 amide bonds. The average Bonchev–Trinajstić information content (AvgIpc) is 3.06. The minimum absolute atomic E-state index is 0.438. The van der Waals surface area contributed by atoms with Crippen LogP contribution in [0.4, 0.5) is 5.82 Å². The van der Waals surface area contributed by atoms with Crippen LogP contribution in [-0.4, -0.2) is 51.0 Å². The van der Waals surface area contributed by atoms with Gasteiger partial charge in [0.1, 0.15) is 16.5 Å². The molecule has 1 fully saturated rings. The van der Waals surface area contributed by atoms with Gasteiger partial charge in [-0.25, -0.2) is 9.97 Å². The van der Waals surface area contributed by atoms with Gasteiger partial charge in [0.15, 0.2) is 5.65 Å². The van der Waals surface area contributed by atoms with Crippen molar-refractivity contribution in [1.29, 1.82) is 0 Å². The number of rotatable bonds is 4. The fraction of sp³-hybridized carbons (Fsp3) is 0.421. The van der Waals surface area contributed by atoms with Gasteiger partial charge in [-0.05, 0) is 57.5 Å². The van der Waals surface area contributed by atoms with Gasteiger partial charge in [0.2, 0.25) is 0 Å². The molecular weight excluding hydrogens is 348 g/mol. The lowest BCUT2D eigenvalue weighted by Crippen LogP contribution is -2.36. The maximum atomic E-state index is 6.30. The predicted molar refractivity (Wildman–Crippen MR) is 105 cm³/mol. The number of fused-ring (bicyclic) bond motifs is 1. The SMILES string of the molecule is CN(C)[C@H]1CC[C@H](Nc2cc(-c3c[nH]c4nccnc34)cc(Cl)n2)CC1. The molecule has 136 valence electrons. The Bertz CT molecular complexity index is 898. The summed E-state index contributed by atoms with van der Waals surface area (Å²) in [4.78, 5) is 18.7. The summed E-state index contributed by atoms with van der Waals surface area (Å²) >= 11 is 6.30. The number of hydrogen-bond donors (Lipinski definition) is 2. The summed E-state index contributed by atoms with van der Waals surface area (Å²) in [6.07, 6.45) is 9.99. The first kappa shape index (κ1) is 17.2. The molecular formula is C19H23ClN6. The summed E-state index contributed by atoms with van der Waals surface area (Å²) in [5.41, 5.74) is 3.58. The summed E-state index contributed by atoms with van der Waals surface area (Å²) < 4.78 is 0. The second-order valence-electron chi connectivity index (χ2n) is 7.13. The molecule has 1 aliphatic carbocycles. The number of aromatic nitrogens is 4. The van der Waals surface area contributed by atoms with E-state index in [9.17, 15) is 0 Å². The number of nitrogens with zero attached hydrogens (tertiary/aromatic N) is 4. The molecule has 0 unspecified atom stereocenters. The van der Waals surface area contributed by atoms with E-state index < -0.39 is 0 Å². The number of anilines is 1. The maximum Gasteiger partial charge on any atom is 0.156 e. The van der Waals surface area contributed by atoms with Crippen LogP contribution in [0, 0.1) is 0 Å². The Hall–Kier alpha value is -2.18. The third-order valence-corrected chi connectivity index (χ3v) is 5.38. The fourth-order valence-electron chi connectivity index (χ4n) is 3.74. The van der Waals surface area contributed by atoms with E-state index in [1.165, 1.54) is 12.8 Å². The lowest BCUT2D eigenvalue weighted by molar-refractivity contribution is 0.221. The molecule has 0 aliphatic heterocycles. The van der Waals surface area contributed by atoms with E-state index in [2.05, 4.69) is 44.2 Å². The Morgan fingerprint density at radius 1 is 1.12 bits per heavy atom. The van der Waals surface area contributed by atoms with Gasteiger partial charge in [0.25, 0.3) is 0 Å². The van der Waals surface area contributed by atoms with E-state index >= 15 is 0 Å². The number of hydrogen-bond acceptors (Lipinski definition) is 5. The Labute approximate surface area is 158 Å². The third kappa shape index (κ3) is 3.52. The predicted octanol–water partition coefficient (Wildman–Crippen LogP) is 3.96. The van der Waals surface area contributed by atoms with Crippen LogP contribution in [0.1, 0.15) is 25.7 Å². The zero-order valence-electron chi connectivity index (χ0n) is 15.0. The van der Waals surface area contributed by atoms with Crippen LogP contribution in [0.2, 0.25) is 5.15 Å². The van der Waals surface area contributed by atoms with Crippen LogP contribution < -0.4 is 5.32 Å². The molecule has 4 rings (SSSR count). The summed E-state index contributed by atoms with van der Waals surface area (Å²) in [7, 11) is 4.32. The minimum atomic E-state index is 0.438. The highest BCUT2D eigenvalue weighted by molar-refractivity contribution is 6.29. The van der Waals surface area contributed by atoms with Crippen LogP contribution in [0.25, 0.3) is 22.3 Å². The number of halogens is 1. The Kier molecular flexibility index (Phi) is 4.78. The largest absolute Gasteiger partial charge is 0.367 e. The van der Waals surface area contributed by atoms with Gasteiger partial charge in [-0.1, -0.05) is 11.6 Å². The van der Waals surface area contributed by atoms with Crippen molar-refractivity contribution in [3.05, 3.63) is 35.9 Å². The Morgan fingerprint density at radius 2 is 1.88 bits per heavy atom. The third-order valence-electron chi connectivity index (χ3n) is 5.19. The van der Waals surface area contributed by atoms with Crippen molar-refractivity contribution in [2.24, 2.45) is 0 Å². The van der Waals surface area contributed by atoms with Crippen LogP contribution in [0.5, 0.6) is 0 Å². The lowest BCUT2D eigenvalue weighted by Gasteiger charge is -2.33. The summed E-state index contributed by atoms with van der Waals surface area (Å²) in [6, 6.07) is 5.03. The Morgan fingerprint density at radius 3 is 2.65 bits per heavy atom. The number of H-pyrrole nitrogens is 1. The van der Waals surface area contributed by atoms with Crippen molar-refractivity contribution in [2.75, 3.05) is 19.4 Å². The standard InChI is InChI=1S/C19H23ClN6/c1-26(2)14-5-3-13(4-6-14)24-17-10-12(9-16(20)25-17)15-11-23-19-18(15)21-7-8-22-19/h7-11,13-14H,3-6H2,1-2H3,(H,22,23)(H,24,25)/t13-,14-. The molecule has 1 saturated carbocycles. The van der Waals surface area contributed by atoms with Gasteiger partial charge >= 0.3 is 0 Å². The molecule has 0 bridgehead atoms. The van der Waals surface area contributed by atoms with Crippen molar-refractivity contribution >= 4 is 28.6 Å². The zero-order valence-corrected chi connectivity index (χ0v) is 15.8. The van der Waals surface area contributed by atoms with E-state index in [1.54, 1.807) is 12.4 Å². The summed E-state index contributed by atoms with van der Waals surface area (Å²) in [5, 5.41) is 4.05. The normalized spacial score (nSPS) is 20.6. The highest BCUT2D eigenvalue weighted by atomic mass is 35.5.